The molecule has 1 radical (unpaired) electrons. The molecule has 0 bridgehead atoms. The largest absolute Gasteiger partial charge is 0.468 e. The Morgan fingerprint density at radius 1 is 1.57 bits per heavy atom. The van der Waals surface area contributed by atoms with Gasteiger partial charge in [0.15, 0.2) is 5.70 Å². The van der Waals surface area contributed by atoms with Crippen molar-refractivity contribution in [3.05, 3.63) is 11.6 Å². The molecule has 0 fully saturated rings. The van der Waals surface area contributed by atoms with E-state index >= 15 is 0 Å². The molecule has 35 valence electrons. The van der Waals surface area contributed by atoms with Crippen LogP contribution < -0.4 is 5.43 Å². The second kappa shape index (κ2) is 0.776. The van der Waals surface area contributed by atoms with Gasteiger partial charge >= 0.3 is 0 Å². The predicted molar refractivity (Wildman–Crippen MR) is 20.0 cm³/mol. The molecular formula is C3H2N3O. The van der Waals surface area contributed by atoms with Gasteiger partial charge in [0, 0.05) is 0 Å². The quantitative estimate of drug-likeness (QED) is 0.424. The van der Waals surface area contributed by atoms with Crippen LogP contribution in [0.1, 0.15) is 0 Å². The Hall–Kier alpha value is -1.06. The first-order valence-corrected chi connectivity index (χ1v) is 1.94. The summed E-state index contributed by atoms with van der Waals surface area (Å²) in [4.78, 5) is 0. The predicted octanol–water partition coefficient (Wildman–Crippen LogP) is 0.171. The standard InChI is InChI=1S/C3H2N3O/c1-2-3(7-1)5-6-4-2/h1H2. The van der Waals surface area contributed by atoms with Crippen LogP contribution in [-0.4, -0.2) is 6.61 Å². The highest BCUT2D eigenvalue weighted by Crippen LogP contribution is 2.22. The molecule has 2 aliphatic heterocycles. The fraction of sp³-hybridized carbons (Fsp3) is 0.333. The zero-order valence-electron chi connectivity index (χ0n) is 3.46. The second-order valence-electron chi connectivity index (χ2n) is 1.33. The first kappa shape index (κ1) is 3.01. The van der Waals surface area contributed by atoms with E-state index in [1.165, 1.54) is 0 Å². The monoisotopic (exact) mass is 96.0 g/mol. The van der Waals surface area contributed by atoms with Crippen molar-refractivity contribution in [2.75, 3.05) is 6.61 Å². The fourth-order valence-electron chi connectivity index (χ4n) is 0.476. The van der Waals surface area contributed by atoms with Gasteiger partial charge in [-0.15, -0.1) is 5.11 Å². The summed E-state index contributed by atoms with van der Waals surface area (Å²) in [5.41, 5.74) is 4.39. The van der Waals surface area contributed by atoms with E-state index in [2.05, 4.69) is 15.8 Å². The highest BCUT2D eigenvalue weighted by molar-refractivity contribution is 5.14. The molecule has 0 amide bonds. The molecular weight excluding hydrogens is 94.1 g/mol. The summed E-state index contributed by atoms with van der Waals surface area (Å²) in [5.74, 6) is 0.597. The van der Waals surface area contributed by atoms with Crippen molar-refractivity contribution < 1.29 is 4.74 Å². The van der Waals surface area contributed by atoms with Crippen molar-refractivity contribution >= 4 is 0 Å². The zero-order valence-corrected chi connectivity index (χ0v) is 3.46. The topological polar surface area (TPSA) is 48.1 Å². The summed E-state index contributed by atoms with van der Waals surface area (Å²) in [7, 11) is 0. The molecule has 2 heterocycles. The molecule has 0 spiro atoms. The van der Waals surface area contributed by atoms with Gasteiger partial charge in [-0.1, -0.05) is 5.43 Å². The van der Waals surface area contributed by atoms with E-state index in [1.54, 1.807) is 0 Å². The zero-order chi connectivity index (χ0) is 4.69. The molecule has 0 N–H and O–H groups in total. The maximum absolute atomic E-state index is 4.78. The number of ether oxygens (including phenoxy) is 1. The van der Waals surface area contributed by atoms with Crippen LogP contribution in [-0.2, 0) is 4.74 Å². The van der Waals surface area contributed by atoms with Crippen molar-refractivity contribution in [3.8, 4) is 0 Å². The minimum Gasteiger partial charge on any atom is -0.468 e. The molecule has 2 rings (SSSR count). The van der Waals surface area contributed by atoms with Crippen LogP contribution in [0.25, 0.3) is 0 Å². The molecule has 0 aliphatic carbocycles. The number of nitrogens with zero attached hydrogens (tertiary/aromatic N) is 3. The summed E-state index contributed by atoms with van der Waals surface area (Å²) >= 11 is 0. The van der Waals surface area contributed by atoms with Gasteiger partial charge in [0.2, 0.25) is 0 Å². The Balaban J connectivity index is 2.41. The van der Waals surface area contributed by atoms with Gasteiger partial charge in [-0.3, -0.25) is 0 Å². The van der Waals surface area contributed by atoms with Crippen molar-refractivity contribution in [2.45, 2.75) is 0 Å². The Labute approximate surface area is 39.8 Å². The van der Waals surface area contributed by atoms with Gasteiger partial charge in [0.25, 0.3) is 5.88 Å². The number of rotatable bonds is 0. The van der Waals surface area contributed by atoms with Gasteiger partial charge < -0.3 is 4.74 Å². The van der Waals surface area contributed by atoms with Gasteiger partial charge in [-0.2, -0.15) is 0 Å². The molecule has 0 saturated carbocycles. The fourth-order valence-corrected chi connectivity index (χ4v) is 0.476. The molecule has 7 heavy (non-hydrogen) atoms. The molecule has 0 saturated heterocycles. The molecule has 0 aromatic carbocycles. The van der Waals surface area contributed by atoms with Crippen LogP contribution in [0.3, 0.4) is 0 Å². The normalized spacial score (nSPS) is 22.9. The summed E-state index contributed by atoms with van der Waals surface area (Å²) < 4.78 is 4.78. The SMILES string of the molecule is C1OC2=C1N=N[N]2. The Bertz CT molecular complexity index is 160. The van der Waals surface area contributed by atoms with Crippen molar-refractivity contribution in [2.24, 2.45) is 10.3 Å². The minimum atomic E-state index is 0.586. The lowest BCUT2D eigenvalue weighted by Gasteiger charge is -2.10. The first-order chi connectivity index (χ1) is 3.47. The highest BCUT2D eigenvalue weighted by Gasteiger charge is 2.24. The Morgan fingerprint density at radius 3 is 2.86 bits per heavy atom. The number of hydrogen-bond acceptors (Lipinski definition) is 3. The maximum Gasteiger partial charge on any atom is 0.263 e. The third-order valence-electron chi connectivity index (χ3n) is 0.893. The van der Waals surface area contributed by atoms with Crippen LogP contribution in [0.4, 0.5) is 0 Å². The summed E-state index contributed by atoms with van der Waals surface area (Å²) in [5, 5.41) is 6.98. The highest BCUT2D eigenvalue weighted by atomic mass is 16.5. The third-order valence-corrected chi connectivity index (χ3v) is 0.893. The lowest BCUT2D eigenvalue weighted by Crippen LogP contribution is -2.13. The molecule has 2 aliphatic rings. The molecule has 4 nitrogen and oxygen atoms in total. The third kappa shape index (κ3) is 0.220. The Kier molecular flexibility index (Phi) is 0.334. The summed E-state index contributed by atoms with van der Waals surface area (Å²) in [6, 6.07) is 0. The van der Waals surface area contributed by atoms with Crippen LogP contribution in [0.15, 0.2) is 21.9 Å². The van der Waals surface area contributed by atoms with E-state index in [-0.39, 0.29) is 0 Å². The van der Waals surface area contributed by atoms with E-state index in [4.69, 9.17) is 4.74 Å². The van der Waals surface area contributed by atoms with Gasteiger partial charge in [0.05, 0.1) is 0 Å². The summed E-state index contributed by atoms with van der Waals surface area (Å²) in [6.07, 6.45) is 0. The van der Waals surface area contributed by atoms with Crippen molar-refractivity contribution in [1.29, 1.82) is 0 Å². The van der Waals surface area contributed by atoms with E-state index in [0.29, 0.717) is 12.5 Å². The van der Waals surface area contributed by atoms with Crippen LogP contribution in [0, 0.1) is 0 Å². The average Bonchev–Trinajstić information content (AvgIpc) is 1.85. The van der Waals surface area contributed by atoms with E-state index in [1.807, 2.05) is 0 Å². The lowest BCUT2D eigenvalue weighted by molar-refractivity contribution is 0.164. The minimum absolute atomic E-state index is 0.586. The maximum atomic E-state index is 4.78. The summed E-state index contributed by atoms with van der Waals surface area (Å²) in [6.45, 7) is 0.586. The lowest BCUT2D eigenvalue weighted by atomic mass is 10.4. The van der Waals surface area contributed by atoms with Crippen LogP contribution >= 0.6 is 0 Å². The van der Waals surface area contributed by atoms with Crippen molar-refractivity contribution in [3.63, 3.8) is 0 Å². The van der Waals surface area contributed by atoms with E-state index in [0.717, 1.165) is 5.70 Å². The Morgan fingerprint density at radius 2 is 2.57 bits per heavy atom. The van der Waals surface area contributed by atoms with Crippen LogP contribution in [0.2, 0.25) is 0 Å². The molecule has 0 aromatic heterocycles. The smallest absolute Gasteiger partial charge is 0.263 e. The molecule has 4 heteroatoms. The molecule has 0 unspecified atom stereocenters. The van der Waals surface area contributed by atoms with E-state index in [9.17, 15) is 0 Å². The molecule has 0 atom stereocenters. The second-order valence-corrected chi connectivity index (χ2v) is 1.33. The van der Waals surface area contributed by atoms with Crippen LogP contribution in [0.5, 0.6) is 0 Å². The first-order valence-electron chi connectivity index (χ1n) is 1.94. The van der Waals surface area contributed by atoms with Gasteiger partial charge in [-0.25, -0.2) is 0 Å². The molecule has 0 aromatic rings. The average molecular weight is 96.1 g/mol. The van der Waals surface area contributed by atoms with Gasteiger partial charge in [-0.05, 0) is 5.22 Å². The van der Waals surface area contributed by atoms with Gasteiger partial charge in [0.1, 0.15) is 6.61 Å². The van der Waals surface area contributed by atoms with E-state index < -0.39 is 0 Å². The van der Waals surface area contributed by atoms with Crippen molar-refractivity contribution in [1.82, 2.24) is 5.43 Å². The number of hydrogen-bond donors (Lipinski definition) is 0.